The van der Waals surface area contributed by atoms with E-state index in [1.54, 1.807) is 11.3 Å². The molecule has 1 N–H and O–H groups in total. The van der Waals surface area contributed by atoms with Crippen LogP contribution >= 0.6 is 23.1 Å². The first-order valence-electron chi connectivity index (χ1n) is 7.95. The fourth-order valence-electron chi connectivity index (χ4n) is 2.34. The fraction of sp³-hybridized carbons (Fsp3) is 0.235. The van der Waals surface area contributed by atoms with Gasteiger partial charge in [0.1, 0.15) is 0 Å². The predicted molar refractivity (Wildman–Crippen MR) is 99.8 cm³/mol. The van der Waals surface area contributed by atoms with Gasteiger partial charge in [0.15, 0.2) is 11.0 Å². The van der Waals surface area contributed by atoms with Crippen LogP contribution in [-0.4, -0.2) is 26.4 Å². The van der Waals surface area contributed by atoms with Crippen molar-refractivity contribution >= 4 is 34.7 Å². The molecule has 0 aliphatic carbocycles. The van der Waals surface area contributed by atoms with E-state index >= 15 is 0 Å². The van der Waals surface area contributed by atoms with Gasteiger partial charge in [-0.2, -0.15) is 13.2 Å². The second-order valence-corrected chi connectivity index (χ2v) is 7.33. The number of anilines is 1. The molecule has 27 heavy (non-hydrogen) atoms. The number of aromatic nitrogens is 3. The van der Waals surface area contributed by atoms with Crippen molar-refractivity contribution in [2.45, 2.75) is 24.8 Å². The molecule has 0 atom stereocenters. The molecule has 0 saturated heterocycles. The summed E-state index contributed by atoms with van der Waals surface area (Å²) >= 11 is 2.78. The number of nitrogens with one attached hydrogen (secondary N) is 1. The Morgan fingerprint density at radius 3 is 2.56 bits per heavy atom. The minimum Gasteiger partial charge on any atom is -0.325 e. The van der Waals surface area contributed by atoms with Crippen LogP contribution in [0.4, 0.5) is 18.9 Å². The lowest BCUT2D eigenvalue weighted by Crippen LogP contribution is -2.15. The normalized spacial score (nSPS) is 11.6. The molecular weight excluding hydrogens is 397 g/mol. The lowest BCUT2D eigenvalue weighted by atomic mass is 10.2. The highest BCUT2D eigenvalue weighted by atomic mass is 32.2. The minimum absolute atomic E-state index is 0.0730. The number of nitrogens with zero attached hydrogens (tertiary/aromatic N) is 3. The first-order chi connectivity index (χ1) is 12.9. The number of rotatable bonds is 6. The zero-order valence-electron chi connectivity index (χ0n) is 14.2. The zero-order valence-corrected chi connectivity index (χ0v) is 15.8. The van der Waals surface area contributed by atoms with Gasteiger partial charge in [-0.25, -0.2) is 0 Å². The quantitative estimate of drug-likeness (QED) is 0.592. The van der Waals surface area contributed by atoms with Crippen LogP contribution in [-0.2, 0) is 17.5 Å². The van der Waals surface area contributed by atoms with Crippen molar-refractivity contribution in [1.29, 1.82) is 0 Å². The molecule has 0 saturated carbocycles. The van der Waals surface area contributed by atoms with Crippen LogP contribution in [0.1, 0.15) is 12.5 Å². The number of benzene rings is 1. The highest BCUT2D eigenvalue weighted by Crippen LogP contribution is 2.30. The van der Waals surface area contributed by atoms with Gasteiger partial charge < -0.3 is 9.88 Å². The Morgan fingerprint density at radius 2 is 1.96 bits per heavy atom. The first kappa shape index (κ1) is 19.4. The van der Waals surface area contributed by atoms with E-state index in [9.17, 15) is 18.0 Å². The number of halogens is 3. The Hall–Kier alpha value is -2.33. The summed E-state index contributed by atoms with van der Waals surface area (Å²) in [6.45, 7) is 2.62. The second-order valence-electron chi connectivity index (χ2n) is 5.44. The van der Waals surface area contributed by atoms with Gasteiger partial charge in [0.25, 0.3) is 0 Å². The van der Waals surface area contributed by atoms with E-state index in [1.807, 2.05) is 29.0 Å². The Bertz CT molecular complexity index is 905. The molecule has 1 amide bonds. The third-order valence-electron chi connectivity index (χ3n) is 3.60. The highest BCUT2D eigenvalue weighted by molar-refractivity contribution is 7.99. The summed E-state index contributed by atoms with van der Waals surface area (Å²) in [6, 6.07) is 8.21. The first-order valence-corrected chi connectivity index (χ1v) is 9.82. The van der Waals surface area contributed by atoms with Crippen molar-refractivity contribution in [1.82, 2.24) is 14.8 Å². The zero-order chi connectivity index (χ0) is 19.4. The summed E-state index contributed by atoms with van der Waals surface area (Å²) in [4.78, 5) is 13.1. The molecule has 0 unspecified atom stereocenters. The van der Waals surface area contributed by atoms with Crippen molar-refractivity contribution in [3.63, 3.8) is 0 Å². The van der Waals surface area contributed by atoms with Crippen LogP contribution in [0, 0.1) is 0 Å². The third-order valence-corrected chi connectivity index (χ3v) is 5.44. The molecule has 0 radical (unpaired) electrons. The van der Waals surface area contributed by atoms with Gasteiger partial charge in [0.2, 0.25) is 5.91 Å². The van der Waals surface area contributed by atoms with E-state index in [0.717, 1.165) is 22.8 Å². The lowest BCUT2D eigenvalue weighted by molar-refractivity contribution is -0.137. The molecule has 2 heterocycles. The molecule has 0 bridgehead atoms. The topological polar surface area (TPSA) is 59.8 Å². The highest BCUT2D eigenvalue weighted by Gasteiger charge is 2.30. The predicted octanol–water partition coefficient (Wildman–Crippen LogP) is 4.78. The van der Waals surface area contributed by atoms with Crippen LogP contribution in [0.5, 0.6) is 0 Å². The molecule has 0 aliphatic heterocycles. The van der Waals surface area contributed by atoms with Crippen LogP contribution < -0.4 is 5.32 Å². The van der Waals surface area contributed by atoms with E-state index in [-0.39, 0.29) is 11.7 Å². The van der Waals surface area contributed by atoms with Crippen LogP contribution in [0.25, 0.3) is 10.7 Å². The molecule has 0 spiro atoms. The molecule has 0 fully saturated rings. The molecule has 3 rings (SSSR count). The summed E-state index contributed by atoms with van der Waals surface area (Å²) < 4.78 is 39.6. The number of alkyl halides is 3. The van der Waals surface area contributed by atoms with Gasteiger partial charge in [0, 0.05) is 12.2 Å². The average molecular weight is 412 g/mol. The smallest absolute Gasteiger partial charge is 0.325 e. The molecule has 10 heteroatoms. The summed E-state index contributed by atoms with van der Waals surface area (Å²) in [5.74, 6) is 0.491. The van der Waals surface area contributed by atoms with Gasteiger partial charge >= 0.3 is 6.18 Å². The molecule has 1 aromatic carbocycles. The number of carbonyl (C=O) groups excluding carboxylic acids is 1. The number of hydrogen-bond acceptors (Lipinski definition) is 5. The van der Waals surface area contributed by atoms with Crippen molar-refractivity contribution in [2.24, 2.45) is 0 Å². The number of thiophene rings is 1. The molecule has 0 aliphatic rings. The third kappa shape index (κ3) is 4.69. The van der Waals surface area contributed by atoms with E-state index in [0.29, 0.717) is 17.4 Å². The van der Waals surface area contributed by atoms with Crippen molar-refractivity contribution in [3.8, 4) is 10.7 Å². The summed E-state index contributed by atoms with van der Waals surface area (Å²) in [5.41, 5.74) is -0.447. The van der Waals surface area contributed by atoms with Crippen molar-refractivity contribution in [3.05, 3.63) is 47.3 Å². The number of carbonyl (C=O) groups is 1. The van der Waals surface area contributed by atoms with Crippen LogP contribution in [0.15, 0.2) is 46.9 Å². The maximum atomic E-state index is 12.6. The minimum atomic E-state index is -4.40. The number of thioether (sulfide) groups is 1. The summed E-state index contributed by atoms with van der Waals surface area (Å²) in [5, 5.41) is 13.5. The summed E-state index contributed by atoms with van der Waals surface area (Å²) in [7, 11) is 0. The molecule has 2 aromatic heterocycles. The maximum absolute atomic E-state index is 12.6. The molecule has 3 aromatic rings. The van der Waals surface area contributed by atoms with Crippen molar-refractivity contribution in [2.75, 3.05) is 11.1 Å². The Kier molecular flexibility index (Phi) is 5.85. The van der Waals surface area contributed by atoms with Crippen LogP contribution in [0.3, 0.4) is 0 Å². The molecular formula is C17H15F3N4OS2. The Labute approximate surface area is 161 Å². The lowest BCUT2D eigenvalue weighted by Gasteiger charge is -2.09. The van der Waals surface area contributed by atoms with E-state index in [4.69, 9.17) is 0 Å². The SMILES string of the molecule is CCn1c(SCC(=O)Nc2ccc(C(F)(F)F)cc2)nnc1-c1cccs1. The Balaban J connectivity index is 1.61. The van der Waals surface area contributed by atoms with Gasteiger partial charge in [-0.3, -0.25) is 4.79 Å². The van der Waals surface area contributed by atoms with Gasteiger partial charge in [-0.15, -0.1) is 21.5 Å². The largest absolute Gasteiger partial charge is 0.416 e. The fourth-order valence-corrected chi connectivity index (χ4v) is 3.86. The monoisotopic (exact) mass is 412 g/mol. The number of amides is 1. The maximum Gasteiger partial charge on any atom is 0.416 e. The number of hydrogen-bond donors (Lipinski definition) is 1. The Morgan fingerprint density at radius 1 is 1.22 bits per heavy atom. The standard InChI is InChI=1S/C17H15F3N4OS2/c1-2-24-15(13-4-3-9-26-13)22-23-16(24)27-10-14(25)21-12-7-5-11(6-8-12)17(18,19)20/h3-9H,2,10H2,1H3,(H,21,25). The molecule has 5 nitrogen and oxygen atoms in total. The van der Waals surface area contributed by atoms with E-state index in [2.05, 4.69) is 15.5 Å². The second kappa shape index (κ2) is 8.13. The van der Waals surface area contributed by atoms with E-state index < -0.39 is 11.7 Å². The molecule has 142 valence electrons. The van der Waals surface area contributed by atoms with Crippen molar-refractivity contribution < 1.29 is 18.0 Å². The average Bonchev–Trinajstić information content (AvgIpc) is 3.28. The van der Waals surface area contributed by atoms with Gasteiger partial charge in [0.05, 0.1) is 16.2 Å². The van der Waals surface area contributed by atoms with Gasteiger partial charge in [-0.1, -0.05) is 17.8 Å². The van der Waals surface area contributed by atoms with Gasteiger partial charge in [-0.05, 0) is 42.6 Å². The van der Waals surface area contributed by atoms with E-state index in [1.165, 1.54) is 23.9 Å². The summed E-state index contributed by atoms with van der Waals surface area (Å²) in [6.07, 6.45) is -4.40. The van der Waals surface area contributed by atoms with Crippen LogP contribution in [0.2, 0.25) is 0 Å².